The highest BCUT2D eigenvalue weighted by Gasteiger charge is 2.32. The van der Waals surface area contributed by atoms with Crippen LogP contribution in [0.4, 0.5) is 0 Å². The van der Waals surface area contributed by atoms with Gasteiger partial charge in [0.05, 0.1) is 0 Å². The molecular formula is C18H31N. The second kappa shape index (κ2) is 7.34. The molecule has 108 valence electrons. The van der Waals surface area contributed by atoms with Crippen molar-refractivity contribution in [3.8, 4) is 12.3 Å². The molecule has 1 nitrogen and oxygen atoms in total. The Bertz CT molecular complexity index is 297. The van der Waals surface area contributed by atoms with Crippen LogP contribution in [0.2, 0.25) is 0 Å². The Kier molecular flexibility index (Phi) is 5.76. The maximum Gasteiger partial charge on any atom is 0.00861 e. The second-order valence-corrected chi connectivity index (χ2v) is 7.12. The SMILES string of the molecule is C#CCCCC1CC(C(C)C)CCC1CNC1CC1. The van der Waals surface area contributed by atoms with Gasteiger partial charge in [-0.15, -0.1) is 12.3 Å². The Hall–Kier alpha value is -0.480. The summed E-state index contributed by atoms with van der Waals surface area (Å²) in [4.78, 5) is 0. The van der Waals surface area contributed by atoms with E-state index in [4.69, 9.17) is 6.42 Å². The van der Waals surface area contributed by atoms with Gasteiger partial charge in [0.15, 0.2) is 0 Å². The molecule has 0 heterocycles. The van der Waals surface area contributed by atoms with Crippen molar-refractivity contribution in [2.45, 2.75) is 71.3 Å². The van der Waals surface area contributed by atoms with Gasteiger partial charge in [0.25, 0.3) is 0 Å². The lowest BCUT2D eigenvalue weighted by Gasteiger charge is -2.38. The molecule has 2 fully saturated rings. The van der Waals surface area contributed by atoms with Gasteiger partial charge in [-0.05, 0) is 75.2 Å². The molecule has 0 aromatic carbocycles. The summed E-state index contributed by atoms with van der Waals surface area (Å²) in [5.41, 5.74) is 0. The van der Waals surface area contributed by atoms with Gasteiger partial charge in [-0.25, -0.2) is 0 Å². The van der Waals surface area contributed by atoms with Crippen LogP contribution in [-0.4, -0.2) is 12.6 Å². The summed E-state index contributed by atoms with van der Waals surface area (Å²) in [6.45, 7) is 6.05. The summed E-state index contributed by atoms with van der Waals surface area (Å²) in [6, 6.07) is 0.856. The number of nitrogens with one attached hydrogen (secondary N) is 1. The Balaban J connectivity index is 1.81. The molecule has 2 aliphatic carbocycles. The molecule has 3 atom stereocenters. The maximum absolute atomic E-state index is 5.40. The number of rotatable bonds is 7. The normalized spacial score (nSPS) is 31.4. The minimum Gasteiger partial charge on any atom is -0.314 e. The first-order valence-corrected chi connectivity index (χ1v) is 8.37. The maximum atomic E-state index is 5.40. The van der Waals surface area contributed by atoms with Gasteiger partial charge in [0.2, 0.25) is 0 Å². The minimum absolute atomic E-state index is 0.854. The van der Waals surface area contributed by atoms with E-state index >= 15 is 0 Å². The zero-order valence-electron chi connectivity index (χ0n) is 12.8. The molecule has 3 unspecified atom stereocenters. The van der Waals surface area contributed by atoms with Gasteiger partial charge in [-0.1, -0.05) is 13.8 Å². The number of hydrogen-bond acceptors (Lipinski definition) is 1. The first-order chi connectivity index (χ1) is 9.20. The van der Waals surface area contributed by atoms with E-state index in [1.165, 1.54) is 51.5 Å². The first-order valence-electron chi connectivity index (χ1n) is 8.37. The van der Waals surface area contributed by atoms with Crippen molar-refractivity contribution < 1.29 is 0 Å². The molecule has 2 saturated carbocycles. The number of hydrogen-bond donors (Lipinski definition) is 1. The van der Waals surface area contributed by atoms with Crippen molar-refractivity contribution in [2.24, 2.45) is 23.7 Å². The van der Waals surface area contributed by atoms with Gasteiger partial charge >= 0.3 is 0 Å². The molecule has 0 spiro atoms. The minimum atomic E-state index is 0.854. The monoisotopic (exact) mass is 261 g/mol. The van der Waals surface area contributed by atoms with E-state index in [-0.39, 0.29) is 0 Å². The third-order valence-corrected chi connectivity index (χ3v) is 5.27. The Labute approximate surface area is 119 Å². The average molecular weight is 261 g/mol. The van der Waals surface area contributed by atoms with Crippen molar-refractivity contribution in [2.75, 3.05) is 6.54 Å². The fourth-order valence-corrected chi connectivity index (χ4v) is 3.66. The lowest BCUT2D eigenvalue weighted by Crippen LogP contribution is -2.35. The molecule has 2 aliphatic rings. The average Bonchev–Trinajstić information content (AvgIpc) is 3.21. The molecule has 19 heavy (non-hydrogen) atoms. The molecule has 0 bridgehead atoms. The number of terminal acetylenes is 1. The van der Waals surface area contributed by atoms with Gasteiger partial charge in [-0.2, -0.15) is 0 Å². The fourth-order valence-electron chi connectivity index (χ4n) is 3.66. The molecule has 0 radical (unpaired) electrons. The van der Waals surface area contributed by atoms with Crippen LogP contribution in [0.5, 0.6) is 0 Å². The van der Waals surface area contributed by atoms with Gasteiger partial charge in [-0.3, -0.25) is 0 Å². The molecule has 0 aliphatic heterocycles. The fraction of sp³-hybridized carbons (Fsp3) is 0.889. The van der Waals surface area contributed by atoms with Gasteiger partial charge < -0.3 is 5.32 Å². The predicted molar refractivity (Wildman–Crippen MR) is 82.9 cm³/mol. The van der Waals surface area contributed by atoms with Crippen molar-refractivity contribution in [3.63, 3.8) is 0 Å². The molecule has 0 aromatic rings. The highest BCUT2D eigenvalue weighted by molar-refractivity contribution is 4.88. The lowest BCUT2D eigenvalue weighted by molar-refractivity contribution is 0.136. The Morgan fingerprint density at radius 2 is 1.95 bits per heavy atom. The molecule has 2 rings (SSSR count). The number of unbranched alkanes of at least 4 members (excludes halogenated alkanes) is 1. The Morgan fingerprint density at radius 1 is 1.16 bits per heavy atom. The van der Waals surface area contributed by atoms with Crippen LogP contribution in [-0.2, 0) is 0 Å². The van der Waals surface area contributed by atoms with Crippen LogP contribution < -0.4 is 5.32 Å². The van der Waals surface area contributed by atoms with Crippen molar-refractivity contribution >= 4 is 0 Å². The van der Waals surface area contributed by atoms with Gasteiger partial charge in [0.1, 0.15) is 0 Å². The van der Waals surface area contributed by atoms with Crippen LogP contribution in [0.1, 0.15) is 65.2 Å². The summed E-state index contributed by atoms with van der Waals surface area (Å²) >= 11 is 0. The quantitative estimate of drug-likeness (QED) is 0.534. The van der Waals surface area contributed by atoms with E-state index < -0.39 is 0 Å². The third kappa shape index (κ3) is 4.84. The summed E-state index contributed by atoms with van der Waals surface area (Å²) in [5, 5.41) is 3.75. The van der Waals surface area contributed by atoms with Crippen molar-refractivity contribution in [1.29, 1.82) is 0 Å². The molecule has 0 saturated heterocycles. The summed E-state index contributed by atoms with van der Waals surface area (Å²) in [5.74, 6) is 6.43. The van der Waals surface area contributed by atoms with Gasteiger partial charge in [0, 0.05) is 12.5 Å². The summed E-state index contributed by atoms with van der Waals surface area (Å²) in [6.07, 6.45) is 16.1. The van der Waals surface area contributed by atoms with E-state index in [1.54, 1.807) is 0 Å². The van der Waals surface area contributed by atoms with Crippen molar-refractivity contribution in [3.05, 3.63) is 0 Å². The zero-order chi connectivity index (χ0) is 13.7. The van der Waals surface area contributed by atoms with Crippen LogP contribution >= 0.6 is 0 Å². The predicted octanol–water partition coefficient (Wildman–Crippen LogP) is 4.23. The molecule has 0 aromatic heterocycles. The molecule has 1 N–H and O–H groups in total. The van der Waals surface area contributed by atoms with Crippen LogP contribution in [0.25, 0.3) is 0 Å². The standard InChI is InChI=1S/C18H31N/c1-4-5-6-7-16-12-15(14(2)3)8-9-17(16)13-19-18-10-11-18/h1,14-19H,5-13H2,2-3H3. The zero-order valence-corrected chi connectivity index (χ0v) is 12.8. The summed E-state index contributed by atoms with van der Waals surface area (Å²) < 4.78 is 0. The smallest absolute Gasteiger partial charge is 0.00861 e. The van der Waals surface area contributed by atoms with E-state index in [0.29, 0.717) is 0 Å². The molecular weight excluding hydrogens is 230 g/mol. The second-order valence-electron chi connectivity index (χ2n) is 7.12. The largest absolute Gasteiger partial charge is 0.314 e. The Morgan fingerprint density at radius 3 is 2.58 bits per heavy atom. The highest BCUT2D eigenvalue weighted by Crippen LogP contribution is 2.40. The topological polar surface area (TPSA) is 12.0 Å². The van der Waals surface area contributed by atoms with E-state index in [9.17, 15) is 0 Å². The van der Waals surface area contributed by atoms with E-state index in [1.807, 2.05) is 0 Å². The van der Waals surface area contributed by atoms with Crippen LogP contribution in [0, 0.1) is 36.0 Å². The molecule has 0 amide bonds. The van der Waals surface area contributed by atoms with Crippen molar-refractivity contribution in [1.82, 2.24) is 5.32 Å². The third-order valence-electron chi connectivity index (χ3n) is 5.27. The van der Waals surface area contributed by atoms with E-state index in [0.717, 1.165) is 36.1 Å². The van der Waals surface area contributed by atoms with Crippen LogP contribution in [0.15, 0.2) is 0 Å². The molecule has 1 heteroatoms. The van der Waals surface area contributed by atoms with E-state index in [2.05, 4.69) is 25.1 Å². The first kappa shape index (κ1) is 14.9. The van der Waals surface area contributed by atoms with Crippen LogP contribution in [0.3, 0.4) is 0 Å². The highest BCUT2D eigenvalue weighted by atomic mass is 14.9. The lowest BCUT2D eigenvalue weighted by atomic mass is 9.69. The summed E-state index contributed by atoms with van der Waals surface area (Å²) in [7, 11) is 0.